The normalized spacial score (nSPS) is 13.2. The summed E-state index contributed by atoms with van der Waals surface area (Å²) in [5.74, 6) is 0.00527. The van der Waals surface area contributed by atoms with E-state index >= 15 is 0 Å². The van der Waals surface area contributed by atoms with Crippen LogP contribution in [0.15, 0.2) is 162 Å². The molecule has 0 radical (unpaired) electrons. The van der Waals surface area contributed by atoms with Crippen molar-refractivity contribution in [1.82, 2.24) is 0 Å². The third-order valence-corrected chi connectivity index (χ3v) is 14.3. The van der Waals surface area contributed by atoms with Gasteiger partial charge >= 0.3 is 7.12 Å². The largest absolute Gasteiger partial charge is 0.507 e. The number of carbonyl (C=O) groups excluding carboxylic acids is 2. The molecule has 0 atom stereocenters. The molecule has 1 aliphatic rings. The summed E-state index contributed by atoms with van der Waals surface area (Å²) in [4.78, 5) is 25.8. The lowest BCUT2D eigenvalue weighted by Crippen LogP contribution is -2.41. The molecule has 0 bridgehead atoms. The predicted octanol–water partition coefficient (Wildman–Crippen LogP) is 16.2. The second-order valence-corrected chi connectivity index (χ2v) is 21.2. The molecule has 1 aliphatic heterocycles. The number of carbonyl (C=O) groups is 2. The van der Waals surface area contributed by atoms with E-state index in [1.54, 1.807) is 24.3 Å². The van der Waals surface area contributed by atoms with Crippen LogP contribution >= 0.6 is 15.9 Å². The molecule has 0 unspecified atom stereocenters. The van der Waals surface area contributed by atoms with Gasteiger partial charge in [-0.25, -0.2) is 0 Å². The van der Waals surface area contributed by atoms with Crippen molar-refractivity contribution in [2.45, 2.75) is 94.3 Å². The lowest BCUT2D eigenvalue weighted by Gasteiger charge is -2.32. The number of aldehydes is 2. The lowest BCUT2D eigenvalue weighted by atomic mass is 9.73. The minimum Gasteiger partial charge on any atom is -0.507 e. The SMILES string of the molecule is Cc1ccc(N(c2ccc(C)cc2)c2cc(C)c(-c3ccc(C=O)c(O)c3)c(C)c2)cc1.Cc1ccc(N(c2ccc(C)cc2)c2cc(C)c(B3OC(C)(C)C(C)(C)O3)c(C)c2)cc1.O=Cc1ccc(Br)cc1O. The fourth-order valence-electron chi connectivity index (χ4n) is 9.02. The Kier molecular flexibility index (Phi) is 16.9. The number of phenols is 2. The van der Waals surface area contributed by atoms with Crippen LogP contribution in [0.3, 0.4) is 0 Å². The van der Waals surface area contributed by atoms with Crippen LogP contribution in [0.25, 0.3) is 11.1 Å². The van der Waals surface area contributed by atoms with Gasteiger partial charge in [0.25, 0.3) is 0 Å². The Labute approximate surface area is 446 Å². The zero-order chi connectivity index (χ0) is 53.6. The summed E-state index contributed by atoms with van der Waals surface area (Å²) >= 11 is 3.15. The number of hydrogen-bond acceptors (Lipinski definition) is 8. The van der Waals surface area contributed by atoms with E-state index in [4.69, 9.17) is 14.4 Å². The molecule has 378 valence electrons. The fraction of sp³-hybridized carbons (Fsp3) is 0.219. The quantitative estimate of drug-likeness (QED) is 0.103. The first kappa shape index (κ1) is 54.5. The summed E-state index contributed by atoms with van der Waals surface area (Å²) in [6.45, 7) is 25.3. The van der Waals surface area contributed by atoms with Gasteiger partial charge in [-0.2, -0.15) is 0 Å². The van der Waals surface area contributed by atoms with E-state index in [9.17, 15) is 14.7 Å². The van der Waals surface area contributed by atoms with Crippen LogP contribution in [-0.4, -0.2) is 41.1 Å². The van der Waals surface area contributed by atoms with E-state index in [0.717, 1.165) is 66.3 Å². The molecular weight excluding hydrogens is 983 g/mol. The third kappa shape index (κ3) is 12.4. The van der Waals surface area contributed by atoms with Crippen molar-refractivity contribution >= 4 is 75.2 Å². The Bertz CT molecular complexity index is 3130. The van der Waals surface area contributed by atoms with Crippen LogP contribution in [0.2, 0.25) is 0 Å². The van der Waals surface area contributed by atoms with Gasteiger partial charge in [-0.15, -0.1) is 0 Å². The van der Waals surface area contributed by atoms with Gasteiger partial charge in [-0.1, -0.05) is 92.8 Å². The summed E-state index contributed by atoms with van der Waals surface area (Å²) in [7, 11) is -0.360. The van der Waals surface area contributed by atoms with E-state index in [-0.39, 0.29) is 29.8 Å². The van der Waals surface area contributed by atoms with Gasteiger partial charge in [0, 0.05) is 38.6 Å². The standard InChI is InChI=1S/C29H27NO2.C28H34BNO2.C7H5BrO2/c1-19-5-11-25(12-6-19)30(26-13-7-20(2)8-14-26)27-15-21(3)29(22(4)16-27)23-9-10-24(18-31)28(32)17-23;1-19-9-13-23(14-10-19)30(24-15-11-20(2)12-16-24)25-17-21(3)26(22(4)18-25)29-31-27(5,6)28(7,8)32-29;8-6-2-1-5(4-9)7(10)3-6/h5-18,32H,1-4H3;9-18H,1-8H3;1-4,10H. The lowest BCUT2D eigenvalue weighted by molar-refractivity contribution is 0.00578. The third-order valence-electron chi connectivity index (χ3n) is 13.8. The molecule has 10 heteroatoms. The Morgan fingerprint density at radius 3 is 1.08 bits per heavy atom. The molecule has 0 amide bonds. The predicted molar refractivity (Wildman–Crippen MR) is 310 cm³/mol. The number of benzene rings is 8. The van der Waals surface area contributed by atoms with Crippen molar-refractivity contribution in [1.29, 1.82) is 0 Å². The van der Waals surface area contributed by atoms with Crippen molar-refractivity contribution in [3.05, 3.63) is 218 Å². The Hall–Kier alpha value is -7.24. The van der Waals surface area contributed by atoms with Crippen LogP contribution < -0.4 is 15.3 Å². The molecule has 8 nitrogen and oxygen atoms in total. The molecule has 9 rings (SSSR count). The molecular formula is C64H66BBrN2O6. The monoisotopic (exact) mass is 1050 g/mol. The number of rotatable bonds is 10. The van der Waals surface area contributed by atoms with Crippen LogP contribution in [-0.2, 0) is 9.31 Å². The van der Waals surface area contributed by atoms with E-state index in [1.807, 2.05) is 6.07 Å². The molecule has 0 aliphatic carbocycles. The first-order valence-corrected chi connectivity index (χ1v) is 25.6. The van der Waals surface area contributed by atoms with Crippen LogP contribution in [0.4, 0.5) is 34.1 Å². The second kappa shape index (κ2) is 22.9. The molecule has 0 spiro atoms. The Morgan fingerprint density at radius 1 is 0.432 bits per heavy atom. The highest BCUT2D eigenvalue weighted by Crippen LogP contribution is 2.41. The maximum atomic E-state index is 11.1. The van der Waals surface area contributed by atoms with Crippen LogP contribution in [0, 0.1) is 55.4 Å². The average Bonchev–Trinajstić information content (AvgIpc) is 3.56. The highest BCUT2D eigenvalue weighted by molar-refractivity contribution is 9.10. The first-order valence-electron chi connectivity index (χ1n) is 24.8. The van der Waals surface area contributed by atoms with Gasteiger partial charge in [0.1, 0.15) is 11.5 Å². The number of aryl methyl sites for hydroxylation is 8. The van der Waals surface area contributed by atoms with Gasteiger partial charge in [-0.05, 0) is 225 Å². The van der Waals surface area contributed by atoms with Crippen molar-refractivity contribution < 1.29 is 29.1 Å². The smallest absolute Gasteiger partial charge is 0.495 e. The molecule has 1 fully saturated rings. The molecule has 2 N–H and O–H groups in total. The van der Waals surface area contributed by atoms with E-state index in [2.05, 4.69) is 230 Å². The van der Waals surface area contributed by atoms with Gasteiger partial charge < -0.3 is 29.3 Å². The van der Waals surface area contributed by atoms with Gasteiger partial charge in [0.15, 0.2) is 12.6 Å². The zero-order valence-corrected chi connectivity index (χ0v) is 46.1. The molecule has 74 heavy (non-hydrogen) atoms. The molecule has 0 aromatic heterocycles. The molecule has 8 aromatic carbocycles. The maximum Gasteiger partial charge on any atom is 0.495 e. The minimum atomic E-state index is -0.360. The van der Waals surface area contributed by atoms with E-state index < -0.39 is 0 Å². The highest BCUT2D eigenvalue weighted by Gasteiger charge is 2.52. The summed E-state index contributed by atoms with van der Waals surface area (Å²) in [6, 6.07) is 53.2. The number of phenolic OH excluding ortho intramolecular Hbond substituents is 2. The van der Waals surface area contributed by atoms with Crippen molar-refractivity contribution in [3.63, 3.8) is 0 Å². The summed E-state index contributed by atoms with van der Waals surface area (Å²) in [5, 5.41) is 19.2. The number of aromatic hydroxyl groups is 2. The molecule has 1 heterocycles. The molecule has 8 aromatic rings. The number of nitrogens with zero attached hydrogens (tertiary/aromatic N) is 2. The van der Waals surface area contributed by atoms with Gasteiger partial charge in [0.2, 0.25) is 0 Å². The van der Waals surface area contributed by atoms with Crippen molar-refractivity contribution in [3.8, 4) is 22.6 Å². The highest BCUT2D eigenvalue weighted by atomic mass is 79.9. The average molecular weight is 1050 g/mol. The van der Waals surface area contributed by atoms with Crippen molar-refractivity contribution in [2.24, 2.45) is 0 Å². The van der Waals surface area contributed by atoms with Crippen LogP contribution in [0.5, 0.6) is 11.5 Å². The number of halogens is 1. The number of anilines is 6. The number of hydrogen-bond donors (Lipinski definition) is 2. The zero-order valence-electron chi connectivity index (χ0n) is 44.5. The molecule has 0 saturated carbocycles. The van der Waals surface area contributed by atoms with Crippen LogP contribution in [0.1, 0.15) is 92.9 Å². The van der Waals surface area contributed by atoms with Gasteiger partial charge in [-0.3, -0.25) is 9.59 Å². The molecule has 1 saturated heterocycles. The topological polar surface area (TPSA) is 99.5 Å². The van der Waals surface area contributed by atoms with Gasteiger partial charge in [0.05, 0.1) is 22.3 Å². The van der Waals surface area contributed by atoms with E-state index in [1.165, 1.54) is 39.4 Å². The first-order chi connectivity index (χ1) is 35.1. The summed E-state index contributed by atoms with van der Waals surface area (Å²) < 4.78 is 13.5. The summed E-state index contributed by atoms with van der Waals surface area (Å²) in [5.41, 5.74) is 19.1. The Balaban J connectivity index is 0.000000182. The minimum absolute atomic E-state index is 0.00122. The van der Waals surface area contributed by atoms with E-state index in [0.29, 0.717) is 23.7 Å². The summed E-state index contributed by atoms with van der Waals surface area (Å²) in [6.07, 6.45) is 1.28. The second-order valence-electron chi connectivity index (χ2n) is 20.3. The van der Waals surface area contributed by atoms with Crippen molar-refractivity contribution in [2.75, 3.05) is 9.80 Å². The maximum absolute atomic E-state index is 11.1. The fourth-order valence-corrected chi connectivity index (χ4v) is 9.37. The Morgan fingerprint density at radius 2 is 0.757 bits per heavy atom.